The maximum absolute atomic E-state index is 5.33. The van der Waals surface area contributed by atoms with Crippen LogP contribution < -0.4 is 5.32 Å². The molecule has 0 spiro atoms. The van der Waals surface area contributed by atoms with Crippen molar-refractivity contribution in [3.05, 3.63) is 23.8 Å². The summed E-state index contributed by atoms with van der Waals surface area (Å²) in [6, 6.07) is 0. The molecule has 0 aliphatic carbocycles. The monoisotopic (exact) mass is 189 g/mol. The van der Waals surface area contributed by atoms with E-state index in [0.717, 1.165) is 19.5 Å². The van der Waals surface area contributed by atoms with E-state index in [9.17, 15) is 0 Å². The predicted molar refractivity (Wildman–Crippen MR) is 61.9 cm³/mol. The summed E-state index contributed by atoms with van der Waals surface area (Å²) >= 11 is 0. The van der Waals surface area contributed by atoms with Crippen LogP contribution in [0.15, 0.2) is 23.8 Å². The molecule has 1 heterocycles. The number of nitrogens with one attached hydrogen (secondary N) is 1. The van der Waals surface area contributed by atoms with Crippen LogP contribution in [-0.2, 0) is 0 Å². The lowest BCUT2D eigenvalue weighted by Crippen LogP contribution is -2.28. The Morgan fingerprint density at radius 2 is 2.21 bits per heavy atom. The molecular formula is C13H19N. The van der Waals surface area contributed by atoms with Gasteiger partial charge in [-0.05, 0) is 49.9 Å². The summed E-state index contributed by atoms with van der Waals surface area (Å²) in [7, 11) is 0. The van der Waals surface area contributed by atoms with Crippen molar-refractivity contribution in [3.8, 4) is 12.3 Å². The van der Waals surface area contributed by atoms with Crippen LogP contribution in [0.25, 0.3) is 0 Å². The van der Waals surface area contributed by atoms with Crippen molar-refractivity contribution in [3.63, 3.8) is 0 Å². The van der Waals surface area contributed by atoms with Crippen LogP contribution in [0.2, 0.25) is 0 Å². The molecule has 1 rings (SSSR count). The summed E-state index contributed by atoms with van der Waals surface area (Å²) in [6.45, 7) is 4.38. The highest BCUT2D eigenvalue weighted by Crippen LogP contribution is 2.22. The zero-order valence-electron chi connectivity index (χ0n) is 8.92. The van der Waals surface area contributed by atoms with Crippen molar-refractivity contribution in [1.29, 1.82) is 0 Å². The second kappa shape index (κ2) is 6.45. The Morgan fingerprint density at radius 1 is 1.50 bits per heavy atom. The third kappa shape index (κ3) is 3.40. The molecule has 0 unspecified atom stereocenters. The van der Waals surface area contributed by atoms with E-state index < -0.39 is 0 Å². The summed E-state index contributed by atoms with van der Waals surface area (Å²) in [4.78, 5) is 0. The summed E-state index contributed by atoms with van der Waals surface area (Å²) in [5.74, 6) is 3.30. The molecule has 0 aromatic carbocycles. The van der Waals surface area contributed by atoms with E-state index in [1.165, 1.54) is 18.4 Å². The van der Waals surface area contributed by atoms with Crippen LogP contribution in [0, 0.1) is 18.3 Å². The van der Waals surface area contributed by atoms with Crippen molar-refractivity contribution in [1.82, 2.24) is 5.32 Å². The Hall–Kier alpha value is -1.00. The van der Waals surface area contributed by atoms with Crippen molar-refractivity contribution < 1.29 is 0 Å². The highest BCUT2D eigenvalue weighted by molar-refractivity contribution is 5.29. The van der Waals surface area contributed by atoms with Gasteiger partial charge >= 0.3 is 0 Å². The molecule has 14 heavy (non-hydrogen) atoms. The molecule has 0 aromatic heterocycles. The first-order valence-corrected chi connectivity index (χ1v) is 5.42. The van der Waals surface area contributed by atoms with Gasteiger partial charge in [-0.2, -0.15) is 0 Å². The maximum atomic E-state index is 5.33. The zero-order valence-corrected chi connectivity index (χ0v) is 8.92. The van der Waals surface area contributed by atoms with Gasteiger partial charge in [0.15, 0.2) is 0 Å². The van der Waals surface area contributed by atoms with Crippen LogP contribution in [-0.4, -0.2) is 13.1 Å². The first kappa shape index (κ1) is 11.1. The average molecular weight is 189 g/mol. The van der Waals surface area contributed by atoms with Gasteiger partial charge in [0, 0.05) is 0 Å². The van der Waals surface area contributed by atoms with E-state index in [1.54, 1.807) is 0 Å². The van der Waals surface area contributed by atoms with Crippen LogP contribution in [0.3, 0.4) is 0 Å². The molecule has 1 aliphatic rings. The predicted octanol–water partition coefficient (Wildman–Crippen LogP) is 2.51. The summed E-state index contributed by atoms with van der Waals surface area (Å²) in [5.41, 5.74) is 1.33. The molecule has 0 bridgehead atoms. The molecule has 1 saturated heterocycles. The molecule has 1 N–H and O–H groups in total. The zero-order chi connectivity index (χ0) is 10.2. The fourth-order valence-electron chi connectivity index (χ4n) is 1.81. The molecular weight excluding hydrogens is 170 g/mol. The number of hydrogen-bond acceptors (Lipinski definition) is 1. The Bertz CT molecular complexity index is 249. The van der Waals surface area contributed by atoms with Gasteiger partial charge < -0.3 is 5.32 Å². The number of terminal acetylenes is 1. The van der Waals surface area contributed by atoms with Crippen LogP contribution in [0.4, 0.5) is 0 Å². The highest BCUT2D eigenvalue weighted by Gasteiger charge is 2.14. The molecule has 1 fully saturated rings. The number of piperidine rings is 1. The fourth-order valence-corrected chi connectivity index (χ4v) is 1.81. The van der Waals surface area contributed by atoms with E-state index in [4.69, 9.17) is 6.42 Å². The van der Waals surface area contributed by atoms with Gasteiger partial charge in [0.25, 0.3) is 0 Å². The van der Waals surface area contributed by atoms with Gasteiger partial charge in [0.1, 0.15) is 0 Å². The van der Waals surface area contributed by atoms with Gasteiger partial charge in [-0.25, -0.2) is 0 Å². The van der Waals surface area contributed by atoms with Gasteiger partial charge in [-0.3, -0.25) is 0 Å². The molecule has 0 aromatic rings. The minimum Gasteiger partial charge on any atom is -0.317 e. The molecule has 0 atom stereocenters. The maximum Gasteiger partial charge on any atom is -0.00431 e. The molecule has 0 amide bonds. The standard InChI is InChI=1S/C13H19N/c1-3-5-7-12(6-4-2)13-8-10-14-11-9-13/h2,5-7,13-14H,3,8-11H2,1H3/b7-5-,12-6+. The van der Waals surface area contributed by atoms with Crippen molar-refractivity contribution >= 4 is 0 Å². The normalized spacial score (nSPS) is 19.9. The SMILES string of the molecule is C#C/C=C(\C=C/CC)C1CCNCC1. The van der Waals surface area contributed by atoms with E-state index >= 15 is 0 Å². The Labute approximate surface area is 87.3 Å². The van der Waals surface area contributed by atoms with E-state index in [-0.39, 0.29) is 0 Å². The molecule has 1 aliphatic heterocycles. The van der Waals surface area contributed by atoms with E-state index in [2.05, 4.69) is 30.3 Å². The molecule has 76 valence electrons. The number of rotatable bonds is 3. The summed E-state index contributed by atoms with van der Waals surface area (Å²) in [5, 5.41) is 3.36. The molecule has 0 radical (unpaired) electrons. The second-order valence-corrected chi connectivity index (χ2v) is 3.65. The number of hydrogen-bond donors (Lipinski definition) is 1. The first-order chi connectivity index (χ1) is 6.88. The summed E-state index contributed by atoms with van der Waals surface area (Å²) < 4.78 is 0. The average Bonchev–Trinajstić information content (AvgIpc) is 2.25. The Balaban J connectivity index is 2.62. The van der Waals surface area contributed by atoms with Crippen LogP contribution in [0.5, 0.6) is 0 Å². The third-order valence-electron chi connectivity index (χ3n) is 2.61. The van der Waals surface area contributed by atoms with Crippen LogP contribution >= 0.6 is 0 Å². The Morgan fingerprint density at radius 3 is 2.79 bits per heavy atom. The highest BCUT2D eigenvalue weighted by atomic mass is 14.9. The topological polar surface area (TPSA) is 12.0 Å². The lowest BCUT2D eigenvalue weighted by atomic mass is 9.89. The minimum absolute atomic E-state index is 0.662. The van der Waals surface area contributed by atoms with Gasteiger partial charge in [-0.15, -0.1) is 6.42 Å². The molecule has 1 heteroatoms. The smallest absolute Gasteiger partial charge is 0.00431 e. The quantitative estimate of drug-likeness (QED) is 0.531. The van der Waals surface area contributed by atoms with E-state index in [1.807, 2.05) is 6.08 Å². The van der Waals surface area contributed by atoms with Crippen LogP contribution in [0.1, 0.15) is 26.2 Å². The van der Waals surface area contributed by atoms with Gasteiger partial charge in [-0.1, -0.05) is 25.0 Å². The fraction of sp³-hybridized carbons (Fsp3) is 0.538. The lowest BCUT2D eigenvalue weighted by molar-refractivity contribution is 0.425. The Kier molecular flexibility index (Phi) is 5.11. The lowest BCUT2D eigenvalue weighted by Gasteiger charge is -2.23. The van der Waals surface area contributed by atoms with Crippen molar-refractivity contribution in [2.24, 2.45) is 5.92 Å². The van der Waals surface area contributed by atoms with Crippen molar-refractivity contribution in [2.45, 2.75) is 26.2 Å². The molecule has 1 nitrogen and oxygen atoms in total. The second-order valence-electron chi connectivity index (χ2n) is 3.65. The summed E-state index contributed by atoms with van der Waals surface area (Å²) in [6.07, 6.45) is 15.1. The van der Waals surface area contributed by atoms with E-state index in [0.29, 0.717) is 5.92 Å². The largest absolute Gasteiger partial charge is 0.317 e. The third-order valence-corrected chi connectivity index (χ3v) is 2.61. The molecule has 0 saturated carbocycles. The van der Waals surface area contributed by atoms with Crippen molar-refractivity contribution in [2.75, 3.05) is 13.1 Å². The first-order valence-electron chi connectivity index (χ1n) is 5.42. The minimum atomic E-state index is 0.662. The van der Waals surface area contributed by atoms with Gasteiger partial charge in [0.05, 0.1) is 0 Å². The number of allylic oxidation sites excluding steroid dienone is 4. The van der Waals surface area contributed by atoms with Gasteiger partial charge in [0.2, 0.25) is 0 Å².